The van der Waals surface area contributed by atoms with E-state index >= 15 is 0 Å². The maximum absolute atomic E-state index is 13.3. The highest BCUT2D eigenvalue weighted by Gasteiger charge is 2.28. The van der Waals surface area contributed by atoms with E-state index in [1.807, 2.05) is 31.2 Å². The van der Waals surface area contributed by atoms with Gasteiger partial charge in [-0.1, -0.05) is 62.2 Å². The summed E-state index contributed by atoms with van der Waals surface area (Å²) < 4.78 is 13.3. The molecule has 0 fully saturated rings. The zero-order chi connectivity index (χ0) is 22.6. The molecule has 1 N–H and O–H groups in total. The van der Waals surface area contributed by atoms with Crippen LogP contribution in [-0.2, 0) is 21.9 Å². The van der Waals surface area contributed by atoms with Crippen molar-refractivity contribution in [3.63, 3.8) is 0 Å². The molecule has 0 heterocycles. The lowest BCUT2D eigenvalue weighted by molar-refractivity contribution is -0.139. The minimum absolute atomic E-state index is 0.126. The Kier molecular flexibility index (Phi) is 10.9. The van der Waals surface area contributed by atoms with Gasteiger partial charge in [0.1, 0.15) is 11.9 Å². The largest absolute Gasteiger partial charge is 0.354 e. The van der Waals surface area contributed by atoms with Gasteiger partial charge in [-0.25, -0.2) is 4.39 Å². The van der Waals surface area contributed by atoms with Crippen LogP contribution >= 0.6 is 23.4 Å². The van der Waals surface area contributed by atoms with Crippen molar-refractivity contribution >= 4 is 35.2 Å². The van der Waals surface area contributed by atoms with E-state index in [1.54, 1.807) is 17.0 Å². The molecule has 168 valence electrons. The SMILES string of the molecule is CCCCNC(=O)C(CC)N(Cc1ccc(F)cc1)C(=O)CSCc1ccccc1Cl. The molecule has 0 aliphatic carbocycles. The highest BCUT2D eigenvalue weighted by atomic mass is 35.5. The number of carbonyl (C=O) groups excluding carboxylic acids is 2. The maximum atomic E-state index is 13.3. The van der Waals surface area contributed by atoms with E-state index < -0.39 is 6.04 Å². The molecule has 0 aromatic heterocycles. The number of nitrogens with zero attached hydrogens (tertiary/aromatic N) is 1. The van der Waals surface area contributed by atoms with Crippen molar-refractivity contribution in [3.8, 4) is 0 Å². The number of halogens is 2. The van der Waals surface area contributed by atoms with Gasteiger partial charge in [-0.15, -0.1) is 11.8 Å². The topological polar surface area (TPSA) is 49.4 Å². The summed E-state index contributed by atoms with van der Waals surface area (Å²) in [7, 11) is 0. The number of hydrogen-bond acceptors (Lipinski definition) is 3. The molecule has 0 bridgehead atoms. The number of thioether (sulfide) groups is 1. The van der Waals surface area contributed by atoms with E-state index in [2.05, 4.69) is 12.2 Å². The van der Waals surface area contributed by atoms with Crippen molar-refractivity contribution in [1.82, 2.24) is 10.2 Å². The Bertz CT molecular complexity index is 848. The lowest BCUT2D eigenvalue weighted by atomic mass is 10.1. The van der Waals surface area contributed by atoms with Gasteiger partial charge >= 0.3 is 0 Å². The van der Waals surface area contributed by atoms with Gasteiger partial charge in [0, 0.05) is 23.9 Å². The fourth-order valence-electron chi connectivity index (χ4n) is 3.16. The van der Waals surface area contributed by atoms with Crippen LogP contribution in [0.1, 0.15) is 44.2 Å². The maximum Gasteiger partial charge on any atom is 0.242 e. The molecule has 7 heteroatoms. The Morgan fingerprint density at radius 2 is 1.84 bits per heavy atom. The number of rotatable bonds is 12. The number of nitrogens with one attached hydrogen (secondary N) is 1. The van der Waals surface area contributed by atoms with Gasteiger partial charge in [-0.3, -0.25) is 9.59 Å². The lowest BCUT2D eigenvalue weighted by Gasteiger charge is -2.30. The first kappa shape index (κ1) is 25.2. The molecule has 0 aliphatic heterocycles. The first-order valence-electron chi connectivity index (χ1n) is 10.6. The summed E-state index contributed by atoms with van der Waals surface area (Å²) >= 11 is 7.67. The minimum Gasteiger partial charge on any atom is -0.354 e. The number of hydrogen-bond donors (Lipinski definition) is 1. The number of benzene rings is 2. The van der Waals surface area contributed by atoms with Crippen molar-refractivity contribution in [2.75, 3.05) is 12.3 Å². The highest BCUT2D eigenvalue weighted by Crippen LogP contribution is 2.22. The van der Waals surface area contributed by atoms with Crippen LogP contribution in [0.3, 0.4) is 0 Å². The second kappa shape index (κ2) is 13.4. The van der Waals surface area contributed by atoms with Gasteiger partial charge in [-0.05, 0) is 42.2 Å². The smallest absolute Gasteiger partial charge is 0.242 e. The summed E-state index contributed by atoms with van der Waals surface area (Å²) in [5, 5.41) is 3.61. The molecular weight excluding hydrogens is 435 g/mol. The summed E-state index contributed by atoms with van der Waals surface area (Å²) in [6, 6.07) is 13.0. The minimum atomic E-state index is -0.574. The summed E-state index contributed by atoms with van der Waals surface area (Å²) in [6.45, 7) is 4.80. The second-order valence-electron chi connectivity index (χ2n) is 7.30. The highest BCUT2D eigenvalue weighted by molar-refractivity contribution is 7.99. The van der Waals surface area contributed by atoms with Gasteiger partial charge in [-0.2, -0.15) is 0 Å². The average molecular weight is 465 g/mol. The zero-order valence-corrected chi connectivity index (χ0v) is 19.6. The van der Waals surface area contributed by atoms with Crippen LogP contribution in [0.4, 0.5) is 4.39 Å². The lowest BCUT2D eigenvalue weighted by Crippen LogP contribution is -2.49. The predicted molar refractivity (Wildman–Crippen MR) is 127 cm³/mol. The number of amides is 2. The average Bonchev–Trinajstić information content (AvgIpc) is 2.76. The third-order valence-electron chi connectivity index (χ3n) is 4.92. The van der Waals surface area contributed by atoms with Crippen molar-refractivity contribution in [2.45, 2.75) is 51.4 Å². The van der Waals surface area contributed by atoms with Crippen LogP contribution in [0, 0.1) is 5.82 Å². The zero-order valence-electron chi connectivity index (χ0n) is 18.1. The third kappa shape index (κ3) is 8.19. The molecule has 0 aliphatic rings. The normalized spacial score (nSPS) is 11.7. The molecule has 2 aromatic rings. The molecule has 2 amide bonds. The Labute approximate surface area is 193 Å². The second-order valence-corrected chi connectivity index (χ2v) is 8.69. The van der Waals surface area contributed by atoms with Crippen molar-refractivity contribution < 1.29 is 14.0 Å². The summed E-state index contributed by atoms with van der Waals surface area (Å²) in [5.41, 5.74) is 1.75. The van der Waals surface area contributed by atoms with Crippen LogP contribution in [0.15, 0.2) is 48.5 Å². The molecule has 0 saturated heterocycles. The Balaban J connectivity index is 2.10. The van der Waals surface area contributed by atoms with Crippen LogP contribution in [0.2, 0.25) is 5.02 Å². The first-order chi connectivity index (χ1) is 15.0. The molecule has 31 heavy (non-hydrogen) atoms. The first-order valence-corrected chi connectivity index (χ1v) is 12.1. The van der Waals surface area contributed by atoms with Gasteiger partial charge in [0.05, 0.1) is 5.75 Å². The Morgan fingerprint density at radius 3 is 2.48 bits per heavy atom. The van der Waals surface area contributed by atoms with E-state index in [1.165, 1.54) is 23.9 Å². The van der Waals surface area contributed by atoms with Gasteiger partial charge in [0.2, 0.25) is 11.8 Å². The fourth-order valence-corrected chi connectivity index (χ4v) is 4.35. The molecule has 0 radical (unpaired) electrons. The number of unbranched alkanes of at least 4 members (excludes halogenated alkanes) is 1. The van der Waals surface area contributed by atoms with Gasteiger partial charge in [0.15, 0.2) is 0 Å². The predicted octanol–water partition coefficient (Wildman–Crippen LogP) is 5.44. The van der Waals surface area contributed by atoms with E-state index in [0.717, 1.165) is 24.0 Å². The summed E-state index contributed by atoms with van der Waals surface area (Å²) in [6.07, 6.45) is 2.37. The van der Waals surface area contributed by atoms with Crippen LogP contribution in [0.5, 0.6) is 0 Å². The van der Waals surface area contributed by atoms with Crippen LogP contribution in [0.25, 0.3) is 0 Å². The monoisotopic (exact) mass is 464 g/mol. The van der Waals surface area contributed by atoms with E-state index in [9.17, 15) is 14.0 Å². The van der Waals surface area contributed by atoms with E-state index in [4.69, 9.17) is 11.6 Å². The molecule has 2 aromatic carbocycles. The van der Waals surface area contributed by atoms with Crippen molar-refractivity contribution in [1.29, 1.82) is 0 Å². The van der Waals surface area contributed by atoms with Gasteiger partial charge < -0.3 is 10.2 Å². The molecule has 0 saturated carbocycles. The van der Waals surface area contributed by atoms with E-state index in [-0.39, 0.29) is 29.9 Å². The Hall–Kier alpha value is -2.05. The molecule has 2 rings (SSSR count). The number of carbonyl (C=O) groups is 2. The quantitative estimate of drug-likeness (QED) is 0.426. The molecule has 1 atom stereocenters. The molecule has 4 nitrogen and oxygen atoms in total. The standard InChI is InChI=1S/C24H30ClFN2O2S/c1-3-5-14-27-24(30)22(4-2)28(15-18-10-12-20(26)13-11-18)23(29)17-31-16-19-8-6-7-9-21(19)25/h6-13,22H,3-5,14-17H2,1-2H3,(H,27,30). The molecule has 0 spiro atoms. The van der Waals surface area contributed by atoms with E-state index in [0.29, 0.717) is 23.7 Å². The Morgan fingerprint density at radius 1 is 1.13 bits per heavy atom. The third-order valence-corrected chi connectivity index (χ3v) is 6.26. The molecular formula is C24H30ClFN2O2S. The van der Waals surface area contributed by atoms with Crippen molar-refractivity contribution in [3.05, 3.63) is 70.5 Å². The fraction of sp³-hybridized carbons (Fsp3) is 0.417. The van der Waals surface area contributed by atoms with Crippen LogP contribution in [-0.4, -0.2) is 35.1 Å². The summed E-state index contributed by atoms with van der Waals surface area (Å²) in [4.78, 5) is 27.5. The van der Waals surface area contributed by atoms with Crippen LogP contribution < -0.4 is 5.32 Å². The summed E-state index contributed by atoms with van der Waals surface area (Å²) in [5.74, 6) is 0.225. The van der Waals surface area contributed by atoms with Gasteiger partial charge in [0.25, 0.3) is 0 Å². The molecule has 1 unspecified atom stereocenters. The van der Waals surface area contributed by atoms with Crippen molar-refractivity contribution in [2.24, 2.45) is 0 Å².